The lowest BCUT2D eigenvalue weighted by Crippen LogP contribution is -2.27. The second kappa shape index (κ2) is 6.56. The summed E-state index contributed by atoms with van der Waals surface area (Å²) in [6.45, 7) is 3.01. The SMILES string of the molecule is COc1ccc(C(=O)NC(C)c2ccc3c(c2)OCCO3)cn1. The van der Waals surface area contributed by atoms with Gasteiger partial charge in [0.15, 0.2) is 11.5 Å². The number of methoxy groups -OCH3 is 1. The molecule has 6 nitrogen and oxygen atoms in total. The minimum atomic E-state index is -0.192. The van der Waals surface area contributed by atoms with Crippen molar-refractivity contribution in [1.29, 1.82) is 0 Å². The summed E-state index contributed by atoms with van der Waals surface area (Å²) in [6.07, 6.45) is 1.49. The topological polar surface area (TPSA) is 69.7 Å². The van der Waals surface area contributed by atoms with Crippen molar-refractivity contribution >= 4 is 5.91 Å². The molecule has 1 aliphatic rings. The first-order valence-corrected chi connectivity index (χ1v) is 7.38. The summed E-state index contributed by atoms with van der Waals surface area (Å²) in [5.41, 5.74) is 1.43. The molecule has 0 aliphatic carbocycles. The molecule has 1 aliphatic heterocycles. The van der Waals surface area contributed by atoms with Gasteiger partial charge in [0.2, 0.25) is 5.88 Å². The number of carbonyl (C=O) groups is 1. The fourth-order valence-electron chi connectivity index (χ4n) is 2.33. The highest BCUT2D eigenvalue weighted by atomic mass is 16.6. The second-order valence-corrected chi connectivity index (χ2v) is 5.19. The lowest BCUT2D eigenvalue weighted by Gasteiger charge is -2.21. The predicted octanol–water partition coefficient (Wildman–Crippen LogP) is 2.35. The van der Waals surface area contributed by atoms with Gasteiger partial charge in [-0.3, -0.25) is 4.79 Å². The number of nitrogens with zero attached hydrogens (tertiary/aromatic N) is 1. The number of hydrogen-bond acceptors (Lipinski definition) is 5. The number of nitrogens with one attached hydrogen (secondary N) is 1. The van der Waals surface area contributed by atoms with Crippen molar-refractivity contribution in [1.82, 2.24) is 10.3 Å². The van der Waals surface area contributed by atoms with Gasteiger partial charge >= 0.3 is 0 Å². The van der Waals surface area contributed by atoms with E-state index in [1.54, 1.807) is 12.1 Å². The third-order valence-corrected chi connectivity index (χ3v) is 3.62. The minimum absolute atomic E-state index is 0.166. The Morgan fingerprint density at radius 1 is 1.22 bits per heavy atom. The van der Waals surface area contributed by atoms with Crippen LogP contribution >= 0.6 is 0 Å². The number of benzene rings is 1. The van der Waals surface area contributed by atoms with Crippen LogP contribution in [0.25, 0.3) is 0 Å². The van der Waals surface area contributed by atoms with E-state index in [9.17, 15) is 4.79 Å². The molecule has 0 bridgehead atoms. The molecule has 0 radical (unpaired) electrons. The molecule has 1 aromatic carbocycles. The molecule has 2 heterocycles. The van der Waals surface area contributed by atoms with E-state index in [1.807, 2.05) is 25.1 Å². The number of carbonyl (C=O) groups excluding carboxylic acids is 1. The van der Waals surface area contributed by atoms with Crippen molar-refractivity contribution in [2.24, 2.45) is 0 Å². The largest absolute Gasteiger partial charge is 0.486 e. The molecular formula is C17H18N2O4. The standard InChI is InChI=1S/C17H18N2O4/c1-11(12-3-5-14-15(9-12)23-8-7-22-14)19-17(20)13-4-6-16(21-2)18-10-13/h3-6,9-11H,7-8H2,1-2H3,(H,19,20). The molecule has 1 atom stereocenters. The fourth-order valence-corrected chi connectivity index (χ4v) is 2.33. The van der Waals surface area contributed by atoms with Crippen LogP contribution in [0.4, 0.5) is 0 Å². The van der Waals surface area contributed by atoms with Crippen LogP contribution in [0.1, 0.15) is 28.9 Å². The highest BCUT2D eigenvalue weighted by molar-refractivity contribution is 5.94. The van der Waals surface area contributed by atoms with Crippen molar-refractivity contribution in [2.75, 3.05) is 20.3 Å². The maximum Gasteiger partial charge on any atom is 0.253 e. The molecule has 0 saturated carbocycles. The molecule has 0 saturated heterocycles. The van der Waals surface area contributed by atoms with Crippen LogP contribution in [0.3, 0.4) is 0 Å². The van der Waals surface area contributed by atoms with Crippen LogP contribution in [-0.2, 0) is 0 Å². The Bertz CT molecular complexity index is 700. The summed E-state index contributed by atoms with van der Waals surface area (Å²) in [5.74, 6) is 1.72. The van der Waals surface area contributed by atoms with E-state index in [0.717, 1.165) is 11.3 Å². The lowest BCUT2D eigenvalue weighted by atomic mass is 10.1. The van der Waals surface area contributed by atoms with E-state index >= 15 is 0 Å². The fraction of sp³-hybridized carbons (Fsp3) is 0.294. The van der Waals surface area contributed by atoms with E-state index in [0.29, 0.717) is 30.4 Å². The molecule has 0 fully saturated rings. The molecule has 23 heavy (non-hydrogen) atoms. The van der Waals surface area contributed by atoms with Crippen LogP contribution in [0.5, 0.6) is 17.4 Å². The lowest BCUT2D eigenvalue weighted by molar-refractivity contribution is 0.0939. The molecule has 2 aromatic rings. The summed E-state index contributed by atoms with van der Waals surface area (Å²) < 4.78 is 16.0. The maximum absolute atomic E-state index is 12.3. The van der Waals surface area contributed by atoms with Gasteiger partial charge in [0.05, 0.1) is 18.7 Å². The quantitative estimate of drug-likeness (QED) is 0.938. The zero-order valence-electron chi connectivity index (χ0n) is 13.0. The first-order chi connectivity index (χ1) is 11.2. The zero-order chi connectivity index (χ0) is 16.2. The van der Waals surface area contributed by atoms with Gasteiger partial charge in [0.1, 0.15) is 13.2 Å². The number of rotatable bonds is 4. The van der Waals surface area contributed by atoms with Gasteiger partial charge in [-0.2, -0.15) is 0 Å². The van der Waals surface area contributed by atoms with Gasteiger partial charge in [-0.25, -0.2) is 4.98 Å². The third kappa shape index (κ3) is 3.36. The van der Waals surface area contributed by atoms with Crippen LogP contribution in [0.15, 0.2) is 36.5 Å². The Kier molecular flexibility index (Phi) is 4.32. The average Bonchev–Trinajstić information content (AvgIpc) is 2.61. The number of amides is 1. The molecular weight excluding hydrogens is 296 g/mol. The Labute approximate surface area is 134 Å². The molecule has 0 spiro atoms. The normalized spacial score (nSPS) is 14.0. The van der Waals surface area contributed by atoms with E-state index in [4.69, 9.17) is 14.2 Å². The second-order valence-electron chi connectivity index (χ2n) is 5.19. The van der Waals surface area contributed by atoms with E-state index < -0.39 is 0 Å². The van der Waals surface area contributed by atoms with Gasteiger partial charge < -0.3 is 19.5 Å². The summed E-state index contributed by atoms with van der Waals surface area (Å²) in [6, 6.07) is 8.85. The number of fused-ring (bicyclic) bond motifs is 1. The predicted molar refractivity (Wildman–Crippen MR) is 84.1 cm³/mol. The Balaban J connectivity index is 1.70. The number of ether oxygens (including phenoxy) is 3. The van der Waals surface area contributed by atoms with Crippen LogP contribution in [0, 0.1) is 0 Å². The summed E-state index contributed by atoms with van der Waals surface area (Å²) in [4.78, 5) is 16.3. The Morgan fingerprint density at radius 3 is 2.70 bits per heavy atom. The van der Waals surface area contributed by atoms with Crippen molar-refractivity contribution in [2.45, 2.75) is 13.0 Å². The third-order valence-electron chi connectivity index (χ3n) is 3.62. The zero-order valence-corrected chi connectivity index (χ0v) is 13.0. The Hall–Kier alpha value is -2.76. The van der Waals surface area contributed by atoms with Crippen molar-refractivity contribution < 1.29 is 19.0 Å². The van der Waals surface area contributed by atoms with E-state index in [1.165, 1.54) is 13.3 Å². The number of pyridine rings is 1. The van der Waals surface area contributed by atoms with Crippen molar-refractivity contribution in [3.05, 3.63) is 47.7 Å². The van der Waals surface area contributed by atoms with Gasteiger partial charge in [0.25, 0.3) is 5.91 Å². The Morgan fingerprint density at radius 2 is 2.00 bits per heavy atom. The van der Waals surface area contributed by atoms with Gasteiger partial charge in [-0.05, 0) is 30.7 Å². The number of aromatic nitrogens is 1. The minimum Gasteiger partial charge on any atom is -0.486 e. The maximum atomic E-state index is 12.3. The summed E-state index contributed by atoms with van der Waals surface area (Å²) >= 11 is 0. The first-order valence-electron chi connectivity index (χ1n) is 7.38. The summed E-state index contributed by atoms with van der Waals surface area (Å²) in [5, 5.41) is 2.94. The van der Waals surface area contributed by atoms with E-state index in [-0.39, 0.29) is 11.9 Å². The molecule has 1 N–H and O–H groups in total. The molecule has 1 aromatic heterocycles. The van der Waals surface area contributed by atoms with Crippen LogP contribution in [-0.4, -0.2) is 31.2 Å². The molecule has 120 valence electrons. The van der Waals surface area contributed by atoms with Crippen molar-refractivity contribution in [3.8, 4) is 17.4 Å². The first kappa shape index (κ1) is 15.1. The smallest absolute Gasteiger partial charge is 0.253 e. The highest BCUT2D eigenvalue weighted by Crippen LogP contribution is 2.32. The van der Waals surface area contributed by atoms with Crippen LogP contribution in [0.2, 0.25) is 0 Å². The van der Waals surface area contributed by atoms with Gasteiger partial charge in [0, 0.05) is 12.3 Å². The van der Waals surface area contributed by atoms with Gasteiger partial charge in [-0.1, -0.05) is 6.07 Å². The molecule has 1 amide bonds. The molecule has 1 unspecified atom stereocenters. The number of hydrogen-bond donors (Lipinski definition) is 1. The van der Waals surface area contributed by atoms with E-state index in [2.05, 4.69) is 10.3 Å². The van der Waals surface area contributed by atoms with Crippen molar-refractivity contribution in [3.63, 3.8) is 0 Å². The highest BCUT2D eigenvalue weighted by Gasteiger charge is 2.16. The average molecular weight is 314 g/mol. The van der Waals surface area contributed by atoms with Crippen LogP contribution < -0.4 is 19.5 Å². The molecule has 6 heteroatoms. The summed E-state index contributed by atoms with van der Waals surface area (Å²) in [7, 11) is 1.53. The molecule has 3 rings (SSSR count). The van der Waals surface area contributed by atoms with Gasteiger partial charge in [-0.15, -0.1) is 0 Å². The monoisotopic (exact) mass is 314 g/mol.